The maximum atomic E-state index is 11.9. The molecule has 1 atom stereocenters. The largest absolute Gasteiger partial charge is 0.383 e. The van der Waals surface area contributed by atoms with E-state index in [4.69, 9.17) is 10.5 Å². The van der Waals surface area contributed by atoms with Gasteiger partial charge in [0, 0.05) is 26.7 Å². The zero-order chi connectivity index (χ0) is 14.5. The summed E-state index contributed by atoms with van der Waals surface area (Å²) in [6.07, 6.45) is 2.17. The molecule has 1 saturated carbocycles. The van der Waals surface area contributed by atoms with Gasteiger partial charge in [0.05, 0.1) is 6.61 Å². The van der Waals surface area contributed by atoms with Gasteiger partial charge in [-0.05, 0) is 31.7 Å². The smallest absolute Gasteiger partial charge is 0.239 e. The van der Waals surface area contributed by atoms with Gasteiger partial charge in [-0.15, -0.1) is 0 Å². The van der Waals surface area contributed by atoms with Crippen LogP contribution in [0.2, 0.25) is 0 Å². The van der Waals surface area contributed by atoms with Crippen LogP contribution in [0.15, 0.2) is 0 Å². The van der Waals surface area contributed by atoms with Crippen molar-refractivity contribution in [1.29, 1.82) is 0 Å². The minimum Gasteiger partial charge on any atom is -0.383 e. The van der Waals surface area contributed by atoms with E-state index in [-0.39, 0.29) is 5.91 Å². The van der Waals surface area contributed by atoms with Crippen LogP contribution >= 0.6 is 0 Å². The summed E-state index contributed by atoms with van der Waals surface area (Å²) in [6.45, 7) is 7.50. The van der Waals surface area contributed by atoms with Gasteiger partial charge in [0.1, 0.15) is 5.54 Å². The van der Waals surface area contributed by atoms with Crippen LogP contribution in [0.5, 0.6) is 0 Å². The lowest BCUT2D eigenvalue weighted by Gasteiger charge is -2.37. The number of likely N-dealkylation sites (N-methyl/N-ethyl adjacent to an activating group) is 1. The summed E-state index contributed by atoms with van der Waals surface area (Å²) >= 11 is 0. The van der Waals surface area contributed by atoms with Crippen LogP contribution in [-0.4, -0.2) is 56.7 Å². The predicted octanol–water partition coefficient (Wildman–Crippen LogP) is 0.444. The average molecular weight is 271 g/mol. The van der Waals surface area contributed by atoms with Crippen LogP contribution < -0.4 is 11.1 Å². The van der Waals surface area contributed by atoms with Crippen LogP contribution in [0.4, 0.5) is 0 Å². The first-order valence-corrected chi connectivity index (χ1v) is 7.16. The van der Waals surface area contributed by atoms with Crippen molar-refractivity contribution < 1.29 is 9.53 Å². The molecule has 0 spiro atoms. The highest BCUT2D eigenvalue weighted by atomic mass is 16.5. The maximum Gasteiger partial charge on any atom is 0.239 e. The highest BCUT2D eigenvalue weighted by Crippen LogP contribution is 2.40. The monoisotopic (exact) mass is 271 g/mol. The van der Waals surface area contributed by atoms with E-state index in [0.29, 0.717) is 25.0 Å². The van der Waals surface area contributed by atoms with Crippen molar-refractivity contribution >= 4 is 5.91 Å². The number of nitrogens with zero attached hydrogens (tertiary/aromatic N) is 1. The van der Waals surface area contributed by atoms with Gasteiger partial charge in [-0.25, -0.2) is 0 Å². The van der Waals surface area contributed by atoms with E-state index in [9.17, 15) is 4.79 Å². The molecule has 19 heavy (non-hydrogen) atoms. The number of primary amides is 1. The Morgan fingerprint density at radius 1 is 1.53 bits per heavy atom. The van der Waals surface area contributed by atoms with Crippen molar-refractivity contribution in [3.05, 3.63) is 0 Å². The molecule has 5 heteroatoms. The Bertz CT molecular complexity index is 292. The summed E-state index contributed by atoms with van der Waals surface area (Å²) in [5, 5.41) is 3.20. The van der Waals surface area contributed by atoms with Crippen molar-refractivity contribution in [3.63, 3.8) is 0 Å². The highest BCUT2D eigenvalue weighted by Gasteiger charge is 2.49. The molecule has 1 unspecified atom stereocenters. The Morgan fingerprint density at radius 3 is 2.53 bits per heavy atom. The molecule has 1 rings (SSSR count). The molecule has 1 amide bonds. The van der Waals surface area contributed by atoms with Gasteiger partial charge in [-0.1, -0.05) is 13.8 Å². The van der Waals surface area contributed by atoms with Crippen LogP contribution in [0.1, 0.15) is 26.7 Å². The Hall–Kier alpha value is -0.650. The van der Waals surface area contributed by atoms with E-state index in [1.165, 1.54) is 0 Å². The van der Waals surface area contributed by atoms with Crippen molar-refractivity contribution in [2.24, 2.45) is 17.6 Å². The quantitative estimate of drug-likeness (QED) is 0.605. The molecule has 0 saturated heterocycles. The fraction of sp³-hybridized carbons (Fsp3) is 0.929. The number of nitrogens with one attached hydrogen (secondary N) is 1. The SMILES string of the molecule is CNC(CN(CCOC)CC(C)C)(C(N)=O)C1CC1. The van der Waals surface area contributed by atoms with Crippen LogP contribution in [0.25, 0.3) is 0 Å². The first-order chi connectivity index (χ1) is 8.96. The minimum atomic E-state index is -0.581. The highest BCUT2D eigenvalue weighted by molar-refractivity contribution is 5.86. The van der Waals surface area contributed by atoms with Crippen molar-refractivity contribution in [1.82, 2.24) is 10.2 Å². The molecule has 0 bridgehead atoms. The van der Waals surface area contributed by atoms with Gasteiger partial charge in [-0.2, -0.15) is 0 Å². The molecule has 0 aliphatic heterocycles. The second-order valence-electron chi connectivity index (χ2n) is 5.98. The number of ether oxygens (including phenoxy) is 1. The number of hydrogen-bond donors (Lipinski definition) is 2. The fourth-order valence-electron chi connectivity index (χ4n) is 2.72. The molecule has 112 valence electrons. The molecule has 0 heterocycles. The standard InChI is InChI=1S/C14H29N3O2/c1-11(2)9-17(7-8-19-4)10-14(16-3,13(15)18)12-5-6-12/h11-12,16H,5-10H2,1-4H3,(H2,15,18). The van der Waals surface area contributed by atoms with E-state index in [0.717, 1.165) is 25.9 Å². The third-order valence-corrected chi connectivity index (χ3v) is 3.87. The number of methoxy groups -OCH3 is 1. The van der Waals surface area contributed by atoms with E-state index in [1.54, 1.807) is 7.11 Å². The molecule has 1 aliphatic carbocycles. The van der Waals surface area contributed by atoms with E-state index >= 15 is 0 Å². The van der Waals surface area contributed by atoms with Gasteiger partial charge in [0.15, 0.2) is 0 Å². The molecule has 0 aromatic rings. The van der Waals surface area contributed by atoms with E-state index in [2.05, 4.69) is 24.1 Å². The molecule has 3 N–H and O–H groups in total. The molecule has 1 fully saturated rings. The van der Waals surface area contributed by atoms with Gasteiger partial charge in [0.2, 0.25) is 5.91 Å². The molecule has 5 nitrogen and oxygen atoms in total. The number of carbonyl (C=O) groups is 1. The second kappa shape index (κ2) is 7.22. The summed E-state index contributed by atoms with van der Waals surface area (Å²) in [4.78, 5) is 14.2. The van der Waals surface area contributed by atoms with Crippen LogP contribution in [0, 0.1) is 11.8 Å². The number of nitrogens with two attached hydrogens (primary N) is 1. The van der Waals surface area contributed by atoms with Crippen molar-refractivity contribution in [2.45, 2.75) is 32.2 Å². The Kier molecular flexibility index (Phi) is 6.23. The lowest BCUT2D eigenvalue weighted by molar-refractivity contribution is -0.126. The first kappa shape index (κ1) is 16.4. The van der Waals surface area contributed by atoms with Crippen molar-refractivity contribution in [3.8, 4) is 0 Å². The molecular formula is C14H29N3O2. The number of amides is 1. The lowest BCUT2D eigenvalue weighted by Crippen LogP contribution is -2.62. The number of rotatable bonds is 10. The predicted molar refractivity (Wildman–Crippen MR) is 76.9 cm³/mol. The molecule has 1 aliphatic rings. The van der Waals surface area contributed by atoms with E-state index < -0.39 is 5.54 Å². The third-order valence-electron chi connectivity index (χ3n) is 3.87. The maximum absolute atomic E-state index is 11.9. The summed E-state index contributed by atoms with van der Waals surface area (Å²) in [5.41, 5.74) is 5.09. The summed E-state index contributed by atoms with van der Waals surface area (Å²) in [6, 6.07) is 0. The second-order valence-corrected chi connectivity index (χ2v) is 5.98. The van der Waals surface area contributed by atoms with E-state index in [1.807, 2.05) is 7.05 Å². The summed E-state index contributed by atoms with van der Waals surface area (Å²) in [5.74, 6) is 0.703. The summed E-state index contributed by atoms with van der Waals surface area (Å²) in [7, 11) is 3.54. The zero-order valence-electron chi connectivity index (χ0n) is 12.7. The topological polar surface area (TPSA) is 67.6 Å². The normalized spacial score (nSPS) is 18.8. The average Bonchev–Trinajstić information content (AvgIpc) is 3.16. The third kappa shape index (κ3) is 4.44. The molecule has 0 aromatic carbocycles. The number of carbonyl (C=O) groups excluding carboxylic acids is 1. The van der Waals surface area contributed by atoms with Gasteiger partial charge < -0.3 is 15.8 Å². The molecular weight excluding hydrogens is 242 g/mol. The Labute approximate surface area is 116 Å². The fourth-order valence-corrected chi connectivity index (χ4v) is 2.72. The van der Waals surface area contributed by atoms with Gasteiger partial charge in [0.25, 0.3) is 0 Å². The Balaban J connectivity index is 2.74. The first-order valence-electron chi connectivity index (χ1n) is 7.16. The van der Waals surface area contributed by atoms with Crippen LogP contribution in [-0.2, 0) is 9.53 Å². The van der Waals surface area contributed by atoms with Crippen molar-refractivity contribution in [2.75, 3.05) is 40.4 Å². The summed E-state index contributed by atoms with van der Waals surface area (Å²) < 4.78 is 5.16. The number of hydrogen-bond acceptors (Lipinski definition) is 4. The molecule has 0 aromatic heterocycles. The van der Waals surface area contributed by atoms with Gasteiger partial charge >= 0.3 is 0 Å². The minimum absolute atomic E-state index is 0.233. The van der Waals surface area contributed by atoms with Gasteiger partial charge in [-0.3, -0.25) is 9.69 Å². The Morgan fingerprint density at radius 2 is 2.16 bits per heavy atom. The lowest BCUT2D eigenvalue weighted by atomic mass is 9.91. The zero-order valence-corrected chi connectivity index (χ0v) is 12.7. The molecule has 0 radical (unpaired) electrons. The van der Waals surface area contributed by atoms with Crippen LogP contribution in [0.3, 0.4) is 0 Å².